The van der Waals surface area contributed by atoms with Gasteiger partial charge in [0.15, 0.2) is 11.6 Å². The predicted molar refractivity (Wildman–Crippen MR) is 57.5 cm³/mol. The number of hydrogen-bond donors (Lipinski definition) is 0. The van der Waals surface area contributed by atoms with E-state index in [9.17, 15) is 0 Å². The van der Waals surface area contributed by atoms with Crippen LogP contribution in [0.4, 0.5) is 5.82 Å². The molecular weight excluding hydrogens is 214 g/mol. The molecule has 0 bridgehead atoms. The van der Waals surface area contributed by atoms with Crippen LogP contribution in [0.5, 0.6) is 5.75 Å². The number of halogens is 1. The van der Waals surface area contributed by atoms with E-state index >= 15 is 0 Å². The van der Waals surface area contributed by atoms with Gasteiger partial charge >= 0.3 is 0 Å². The van der Waals surface area contributed by atoms with Crippen molar-refractivity contribution < 1.29 is 4.74 Å². The molecule has 0 aromatic carbocycles. The molecule has 1 aromatic rings. The molecule has 1 fully saturated rings. The number of rotatable bonds is 0. The smallest absolute Gasteiger partial charge is 0.224 e. The Hall–Kier alpha value is -1.03. The molecule has 3 rings (SSSR count). The second-order valence-electron chi connectivity index (χ2n) is 4.37. The fraction of sp³-hybridized carbons (Fsp3) is 0.600. The molecule has 4 nitrogen and oxygen atoms in total. The summed E-state index contributed by atoms with van der Waals surface area (Å²) in [6.45, 7) is 3.95. The SMILES string of the molecule is C[C@]12CCCN1c1nc(Cl)ncc1OC2. The summed E-state index contributed by atoms with van der Waals surface area (Å²) in [5.74, 6) is 1.60. The van der Waals surface area contributed by atoms with Crippen molar-refractivity contribution in [3.8, 4) is 5.75 Å². The Bertz CT molecular complexity index is 412. The van der Waals surface area contributed by atoms with Crippen LogP contribution in [0.25, 0.3) is 0 Å². The molecule has 0 radical (unpaired) electrons. The lowest BCUT2D eigenvalue weighted by Crippen LogP contribution is -2.49. The number of ether oxygens (including phenoxy) is 1. The van der Waals surface area contributed by atoms with Crippen LogP contribution >= 0.6 is 11.6 Å². The van der Waals surface area contributed by atoms with E-state index in [1.807, 2.05) is 0 Å². The standard InChI is InChI=1S/C10H12ClN3O/c1-10-3-2-4-14(10)8-7(15-6-10)5-12-9(11)13-8/h5H,2-4,6H2,1H3/t10-/m1/s1. The van der Waals surface area contributed by atoms with Crippen LogP contribution in [0.15, 0.2) is 6.20 Å². The first-order valence-corrected chi connectivity index (χ1v) is 5.50. The van der Waals surface area contributed by atoms with Crippen LogP contribution < -0.4 is 9.64 Å². The number of hydrogen-bond acceptors (Lipinski definition) is 4. The molecule has 80 valence electrons. The zero-order valence-electron chi connectivity index (χ0n) is 8.53. The summed E-state index contributed by atoms with van der Waals surface area (Å²) in [6.07, 6.45) is 3.98. The minimum Gasteiger partial charge on any atom is -0.486 e. The molecule has 3 heterocycles. The molecule has 1 saturated heterocycles. The molecule has 1 aromatic heterocycles. The second-order valence-corrected chi connectivity index (χ2v) is 4.71. The molecule has 0 unspecified atom stereocenters. The highest BCUT2D eigenvalue weighted by atomic mass is 35.5. The Balaban J connectivity index is 2.11. The number of fused-ring (bicyclic) bond motifs is 3. The fourth-order valence-electron chi connectivity index (χ4n) is 2.40. The maximum absolute atomic E-state index is 5.81. The second kappa shape index (κ2) is 2.98. The molecular formula is C10H12ClN3O. The van der Waals surface area contributed by atoms with E-state index < -0.39 is 0 Å². The quantitative estimate of drug-likeness (QED) is 0.632. The van der Waals surface area contributed by atoms with Gasteiger partial charge in [-0.15, -0.1) is 0 Å². The average Bonchev–Trinajstić information content (AvgIpc) is 2.60. The van der Waals surface area contributed by atoms with Crippen LogP contribution in [0.3, 0.4) is 0 Å². The van der Waals surface area contributed by atoms with Crippen molar-refractivity contribution in [2.24, 2.45) is 0 Å². The third-order valence-electron chi connectivity index (χ3n) is 3.25. The van der Waals surface area contributed by atoms with Gasteiger partial charge in [0, 0.05) is 6.54 Å². The van der Waals surface area contributed by atoms with Gasteiger partial charge in [0.1, 0.15) is 6.61 Å². The Morgan fingerprint density at radius 1 is 1.60 bits per heavy atom. The molecule has 0 amide bonds. The molecule has 0 saturated carbocycles. The first kappa shape index (κ1) is 9.21. The van der Waals surface area contributed by atoms with Crippen molar-refractivity contribution in [1.82, 2.24) is 9.97 Å². The normalized spacial score (nSPS) is 28.3. The molecule has 15 heavy (non-hydrogen) atoms. The summed E-state index contributed by atoms with van der Waals surface area (Å²) in [5.41, 5.74) is 0.0880. The van der Waals surface area contributed by atoms with E-state index in [4.69, 9.17) is 16.3 Å². The van der Waals surface area contributed by atoms with Gasteiger partial charge in [-0.3, -0.25) is 0 Å². The molecule has 5 heteroatoms. The van der Waals surface area contributed by atoms with Gasteiger partial charge in [-0.2, -0.15) is 4.98 Å². The van der Waals surface area contributed by atoms with Gasteiger partial charge in [-0.1, -0.05) is 0 Å². The Morgan fingerprint density at radius 2 is 2.47 bits per heavy atom. The summed E-state index contributed by atoms with van der Waals surface area (Å²) in [4.78, 5) is 10.5. The van der Waals surface area contributed by atoms with Gasteiger partial charge < -0.3 is 9.64 Å². The lowest BCUT2D eigenvalue weighted by Gasteiger charge is -2.40. The van der Waals surface area contributed by atoms with E-state index in [1.54, 1.807) is 6.20 Å². The highest BCUT2D eigenvalue weighted by Gasteiger charge is 2.42. The van der Waals surface area contributed by atoms with E-state index in [0.29, 0.717) is 6.61 Å². The lowest BCUT2D eigenvalue weighted by atomic mass is 9.99. The van der Waals surface area contributed by atoms with Crippen LogP contribution in [0.2, 0.25) is 5.28 Å². The minimum absolute atomic E-state index is 0.0880. The van der Waals surface area contributed by atoms with Crippen LogP contribution in [-0.2, 0) is 0 Å². The third-order valence-corrected chi connectivity index (χ3v) is 3.43. The summed E-state index contributed by atoms with van der Waals surface area (Å²) >= 11 is 5.81. The summed E-state index contributed by atoms with van der Waals surface area (Å²) in [7, 11) is 0. The minimum atomic E-state index is 0.0880. The molecule has 2 aliphatic rings. The van der Waals surface area contributed by atoms with Gasteiger partial charge in [0.05, 0.1) is 11.7 Å². The van der Waals surface area contributed by atoms with Crippen LogP contribution in [-0.4, -0.2) is 28.7 Å². The van der Waals surface area contributed by atoms with Gasteiger partial charge in [0.25, 0.3) is 0 Å². The van der Waals surface area contributed by atoms with Crippen molar-refractivity contribution in [3.05, 3.63) is 11.5 Å². The van der Waals surface area contributed by atoms with Crippen molar-refractivity contribution in [1.29, 1.82) is 0 Å². The predicted octanol–water partition coefficient (Wildman–Crippen LogP) is 1.88. The first-order chi connectivity index (χ1) is 7.19. The molecule has 0 N–H and O–H groups in total. The topological polar surface area (TPSA) is 38.2 Å². The summed E-state index contributed by atoms with van der Waals surface area (Å²) in [5, 5.41) is 0.286. The molecule has 0 spiro atoms. The van der Waals surface area contributed by atoms with Crippen LogP contribution in [0, 0.1) is 0 Å². The van der Waals surface area contributed by atoms with E-state index in [0.717, 1.165) is 24.5 Å². The van der Waals surface area contributed by atoms with Crippen molar-refractivity contribution in [3.63, 3.8) is 0 Å². The number of aromatic nitrogens is 2. The van der Waals surface area contributed by atoms with Gasteiger partial charge in [-0.05, 0) is 31.4 Å². The van der Waals surface area contributed by atoms with Crippen molar-refractivity contribution >= 4 is 17.4 Å². The third kappa shape index (κ3) is 1.28. The average molecular weight is 226 g/mol. The molecule has 1 atom stereocenters. The zero-order valence-corrected chi connectivity index (χ0v) is 9.29. The Kier molecular flexibility index (Phi) is 1.83. The Morgan fingerprint density at radius 3 is 3.33 bits per heavy atom. The van der Waals surface area contributed by atoms with Crippen LogP contribution in [0.1, 0.15) is 19.8 Å². The monoisotopic (exact) mass is 225 g/mol. The maximum atomic E-state index is 5.81. The van der Waals surface area contributed by atoms with E-state index in [1.165, 1.54) is 6.42 Å². The zero-order chi connectivity index (χ0) is 10.5. The van der Waals surface area contributed by atoms with Gasteiger partial charge in [-0.25, -0.2) is 4.98 Å². The molecule has 0 aliphatic carbocycles. The first-order valence-electron chi connectivity index (χ1n) is 5.12. The lowest BCUT2D eigenvalue weighted by molar-refractivity contribution is 0.210. The summed E-state index contributed by atoms with van der Waals surface area (Å²) in [6, 6.07) is 0. The molecule has 2 aliphatic heterocycles. The highest BCUT2D eigenvalue weighted by Crippen LogP contribution is 2.41. The number of nitrogens with zero attached hydrogens (tertiary/aromatic N) is 3. The summed E-state index contributed by atoms with van der Waals surface area (Å²) < 4.78 is 5.67. The maximum Gasteiger partial charge on any atom is 0.224 e. The van der Waals surface area contributed by atoms with Crippen molar-refractivity contribution in [2.45, 2.75) is 25.3 Å². The van der Waals surface area contributed by atoms with Gasteiger partial charge in [0.2, 0.25) is 5.28 Å². The van der Waals surface area contributed by atoms with E-state index in [2.05, 4.69) is 21.8 Å². The van der Waals surface area contributed by atoms with Crippen molar-refractivity contribution in [2.75, 3.05) is 18.1 Å². The largest absolute Gasteiger partial charge is 0.486 e. The fourth-order valence-corrected chi connectivity index (χ4v) is 2.53. The number of anilines is 1. The highest BCUT2D eigenvalue weighted by molar-refractivity contribution is 6.28. The Labute approximate surface area is 93.2 Å². The van der Waals surface area contributed by atoms with E-state index in [-0.39, 0.29) is 10.8 Å².